The summed E-state index contributed by atoms with van der Waals surface area (Å²) in [5, 5.41) is 15.0. The SMILES string of the molecule is Cc1cc([N+](=O)[O-])cc2c1NC[C@@H]1CCCC[C@]21c1ccccc1. The molecule has 0 bridgehead atoms. The van der Waals surface area contributed by atoms with Crippen molar-refractivity contribution in [1.82, 2.24) is 0 Å². The highest BCUT2D eigenvalue weighted by atomic mass is 16.6. The van der Waals surface area contributed by atoms with Crippen LogP contribution < -0.4 is 5.32 Å². The second-order valence-electron chi connectivity index (χ2n) is 7.10. The number of fused-ring (bicyclic) bond motifs is 3. The number of benzene rings is 2. The van der Waals surface area contributed by atoms with E-state index in [9.17, 15) is 10.1 Å². The number of anilines is 1. The average molecular weight is 322 g/mol. The van der Waals surface area contributed by atoms with Crippen LogP contribution in [0.25, 0.3) is 0 Å². The van der Waals surface area contributed by atoms with Crippen LogP contribution in [-0.4, -0.2) is 11.5 Å². The summed E-state index contributed by atoms with van der Waals surface area (Å²) in [6.07, 6.45) is 4.65. The summed E-state index contributed by atoms with van der Waals surface area (Å²) in [5.41, 5.74) is 4.60. The molecule has 1 aliphatic carbocycles. The summed E-state index contributed by atoms with van der Waals surface area (Å²) in [6, 6.07) is 14.1. The lowest BCUT2D eigenvalue weighted by molar-refractivity contribution is -0.385. The van der Waals surface area contributed by atoms with Gasteiger partial charge in [-0.25, -0.2) is 0 Å². The van der Waals surface area contributed by atoms with Crippen LogP contribution in [0.1, 0.15) is 42.4 Å². The van der Waals surface area contributed by atoms with Crippen LogP contribution in [0.3, 0.4) is 0 Å². The first-order valence-electron chi connectivity index (χ1n) is 8.72. The van der Waals surface area contributed by atoms with E-state index < -0.39 is 0 Å². The van der Waals surface area contributed by atoms with E-state index in [4.69, 9.17) is 0 Å². The van der Waals surface area contributed by atoms with Gasteiger partial charge < -0.3 is 5.32 Å². The Morgan fingerprint density at radius 2 is 2.00 bits per heavy atom. The van der Waals surface area contributed by atoms with Gasteiger partial charge >= 0.3 is 0 Å². The highest BCUT2D eigenvalue weighted by molar-refractivity contribution is 5.68. The number of rotatable bonds is 2. The normalized spacial score (nSPS) is 25.3. The quantitative estimate of drug-likeness (QED) is 0.638. The molecule has 1 fully saturated rings. The molecule has 124 valence electrons. The van der Waals surface area contributed by atoms with Gasteiger partial charge in [-0.3, -0.25) is 10.1 Å². The molecule has 2 atom stereocenters. The van der Waals surface area contributed by atoms with Crippen LogP contribution in [0.5, 0.6) is 0 Å². The lowest BCUT2D eigenvalue weighted by atomic mass is 9.57. The lowest BCUT2D eigenvalue weighted by Crippen LogP contribution is -2.46. The van der Waals surface area contributed by atoms with Crippen LogP contribution >= 0.6 is 0 Å². The van der Waals surface area contributed by atoms with Crippen molar-refractivity contribution in [1.29, 1.82) is 0 Å². The van der Waals surface area contributed by atoms with E-state index in [1.54, 1.807) is 6.07 Å². The first-order chi connectivity index (χ1) is 11.6. The third-order valence-electron chi connectivity index (χ3n) is 5.90. The van der Waals surface area contributed by atoms with E-state index >= 15 is 0 Å². The zero-order chi connectivity index (χ0) is 16.7. The van der Waals surface area contributed by atoms with Crippen molar-refractivity contribution in [2.24, 2.45) is 5.92 Å². The minimum Gasteiger partial charge on any atom is -0.384 e. The lowest BCUT2D eigenvalue weighted by Gasteiger charge is -2.49. The molecule has 2 aliphatic rings. The van der Waals surface area contributed by atoms with Crippen LogP contribution in [0.4, 0.5) is 11.4 Å². The number of non-ortho nitro benzene ring substituents is 1. The van der Waals surface area contributed by atoms with Crippen molar-refractivity contribution in [3.05, 3.63) is 69.3 Å². The number of nitro groups is 1. The molecule has 1 N–H and O–H groups in total. The fraction of sp³-hybridized carbons (Fsp3) is 0.400. The molecule has 2 aromatic rings. The zero-order valence-corrected chi connectivity index (χ0v) is 13.9. The smallest absolute Gasteiger partial charge is 0.270 e. The van der Waals surface area contributed by atoms with Crippen molar-refractivity contribution >= 4 is 11.4 Å². The Balaban J connectivity index is 2.00. The molecule has 1 aliphatic heterocycles. The Bertz CT molecular complexity index is 788. The van der Waals surface area contributed by atoms with E-state index in [-0.39, 0.29) is 16.0 Å². The van der Waals surface area contributed by atoms with Crippen molar-refractivity contribution in [3.8, 4) is 0 Å². The summed E-state index contributed by atoms with van der Waals surface area (Å²) in [4.78, 5) is 11.2. The van der Waals surface area contributed by atoms with Gasteiger partial charge in [-0.05, 0) is 42.4 Å². The number of hydrogen-bond acceptors (Lipinski definition) is 3. The molecule has 0 amide bonds. The second kappa shape index (κ2) is 5.62. The third-order valence-corrected chi connectivity index (χ3v) is 5.90. The van der Waals surface area contributed by atoms with Crippen molar-refractivity contribution in [3.63, 3.8) is 0 Å². The average Bonchev–Trinajstić information content (AvgIpc) is 2.62. The Morgan fingerprint density at radius 1 is 1.21 bits per heavy atom. The Kier molecular flexibility index (Phi) is 3.56. The topological polar surface area (TPSA) is 55.2 Å². The maximum Gasteiger partial charge on any atom is 0.270 e. The molecule has 4 rings (SSSR count). The molecular formula is C20H22N2O2. The number of nitro benzene ring substituents is 1. The molecule has 24 heavy (non-hydrogen) atoms. The minimum absolute atomic E-state index is 0.100. The number of nitrogens with one attached hydrogen (secondary N) is 1. The molecule has 2 aromatic carbocycles. The van der Waals surface area contributed by atoms with E-state index in [0.29, 0.717) is 5.92 Å². The van der Waals surface area contributed by atoms with Crippen LogP contribution in [0.15, 0.2) is 42.5 Å². The van der Waals surface area contributed by atoms with Crippen LogP contribution in [0, 0.1) is 23.0 Å². The third kappa shape index (κ3) is 2.13. The molecule has 0 aromatic heterocycles. The fourth-order valence-electron chi connectivity index (χ4n) is 4.83. The fourth-order valence-corrected chi connectivity index (χ4v) is 4.83. The van der Waals surface area contributed by atoms with Gasteiger partial charge in [-0.1, -0.05) is 43.2 Å². The summed E-state index contributed by atoms with van der Waals surface area (Å²) < 4.78 is 0. The zero-order valence-electron chi connectivity index (χ0n) is 13.9. The second-order valence-corrected chi connectivity index (χ2v) is 7.10. The molecule has 4 nitrogen and oxygen atoms in total. The highest BCUT2D eigenvalue weighted by Crippen LogP contribution is 2.54. The van der Waals surface area contributed by atoms with Crippen LogP contribution in [-0.2, 0) is 5.41 Å². The van der Waals surface area contributed by atoms with E-state index in [2.05, 4.69) is 29.6 Å². The minimum atomic E-state index is -0.265. The van der Waals surface area contributed by atoms with E-state index in [1.807, 2.05) is 19.1 Å². The monoisotopic (exact) mass is 322 g/mol. The Labute approximate surface area is 142 Å². The van der Waals surface area contributed by atoms with Gasteiger partial charge in [0.15, 0.2) is 0 Å². The first-order valence-corrected chi connectivity index (χ1v) is 8.72. The van der Waals surface area contributed by atoms with Crippen molar-refractivity contribution in [2.45, 2.75) is 38.0 Å². The molecule has 1 saturated carbocycles. The van der Waals surface area contributed by atoms with Gasteiger partial charge in [0, 0.05) is 29.8 Å². The number of hydrogen-bond donors (Lipinski definition) is 1. The van der Waals surface area contributed by atoms with Crippen molar-refractivity contribution < 1.29 is 4.92 Å². The molecule has 0 saturated heterocycles. The predicted molar refractivity (Wildman–Crippen MR) is 95.5 cm³/mol. The molecule has 0 unspecified atom stereocenters. The largest absolute Gasteiger partial charge is 0.384 e. The molecule has 1 heterocycles. The number of nitrogens with zero attached hydrogens (tertiary/aromatic N) is 1. The molecule has 4 heteroatoms. The van der Waals surface area contributed by atoms with Gasteiger partial charge in [0.1, 0.15) is 0 Å². The predicted octanol–water partition coefficient (Wildman–Crippen LogP) is 4.81. The molecule has 0 spiro atoms. The maximum absolute atomic E-state index is 11.4. The summed E-state index contributed by atoms with van der Waals surface area (Å²) >= 11 is 0. The first kappa shape index (κ1) is 15.2. The molecular weight excluding hydrogens is 300 g/mol. The maximum atomic E-state index is 11.4. The van der Waals surface area contributed by atoms with Crippen molar-refractivity contribution in [2.75, 3.05) is 11.9 Å². The summed E-state index contributed by atoms with van der Waals surface area (Å²) in [6.45, 7) is 2.92. The van der Waals surface area contributed by atoms with Gasteiger partial charge in [-0.15, -0.1) is 0 Å². The number of aryl methyl sites for hydroxylation is 1. The van der Waals surface area contributed by atoms with Gasteiger partial charge in [-0.2, -0.15) is 0 Å². The Hall–Kier alpha value is -2.36. The van der Waals surface area contributed by atoms with Crippen LogP contribution in [0.2, 0.25) is 0 Å². The summed E-state index contributed by atoms with van der Waals surface area (Å²) in [7, 11) is 0. The Morgan fingerprint density at radius 3 is 2.75 bits per heavy atom. The van der Waals surface area contributed by atoms with E-state index in [1.165, 1.54) is 24.8 Å². The van der Waals surface area contributed by atoms with E-state index in [0.717, 1.165) is 29.8 Å². The summed E-state index contributed by atoms with van der Waals surface area (Å²) in [5.74, 6) is 0.488. The van der Waals surface area contributed by atoms with Gasteiger partial charge in [0.25, 0.3) is 5.69 Å². The highest BCUT2D eigenvalue weighted by Gasteiger charge is 2.47. The van der Waals surface area contributed by atoms with Gasteiger partial charge in [0.05, 0.1) is 4.92 Å². The standard InChI is InChI=1S/C20H22N2O2/c1-14-11-17(22(23)24)12-18-19(14)21-13-16-9-5-6-10-20(16,18)15-7-3-2-4-8-15/h2-4,7-8,11-12,16,21H,5-6,9-10,13H2,1H3/t16-,20+/m0/s1. The molecule has 0 radical (unpaired) electrons. The van der Waals surface area contributed by atoms with Gasteiger partial charge in [0.2, 0.25) is 0 Å².